The average molecular weight is 277 g/mol. The molecule has 1 heterocycles. The van der Waals surface area contributed by atoms with Crippen molar-refractivity contribution in [3.63, 3.8) is 0 Å². The number of hydroxylamine groups is 2. The molecule has 0 atom stereocenters. The van der Waals surface area contributed by atoms with Gasteiger partial charge in [-0.05, 0) is 12.1 Å². The fourth-order valence-electron chi connectivity index (χ4n) is 1.24. The van der Waals surface area contributed by atoms with Gasteiger partial charge in [-0.2, -0.15) is 0 Å². The van der Waals surface area contributed by atoms with Gasteiger partial charge in [0.25, 0.3) is 0 Å². The lowest BCUT2D eigenvalue weighted by Crippen LogP contribution is -2.30. The molecule has 5 nitrogen and oxygen atoms in total. The standard InChI is InChI=1S/C15H23N3O2/c1-14(2,3)17(19)10-12-8-7-9-13(16-12)11-18(20)15(4,5)6/h7-11H,1-6H3/b17-10-,18-11-. The molecule has 0 fully saturated rings. The Kier molecular flexibility index (Phi) is 4.53. The van der Waals surface area contributed by atoms with Gasteiger partial charge < -0.3 is 10.4 Å². The summed E-state index contributed by atoms with van der Waals surface area (Å²) in [6, 6.07) is 5.25. The summed E-state index contributed by atoms with van der Waals surface area (Å²) >= 11 is 0. The van der Waals surface area contributed by atoms with Crippen molar-refractivity contribution in [1.29, 1.82) is 0 Å². The molecule has 1 aromatic heterocycles. The van der Waals surface area contributed by atoms with Gasteiger partial charge in [-0.1, -0.05) is 6.07 Å². The number of pyridine rings is 1. The number of aromatic nitrogens is 1. The molecule has 0 aliphatic heterocycles. The van der Waals surface area contributed by atoms with Gasteiger partial charge in [0.15, 0.2) is 11.1 Å². The highest BCUT2D eigenvalue weighted by molar-refractivity contribution is 5.77. The maximum absolute atomic E-state index is 11.9. The Hall–Kier alpha value is -1.91. The smallest absolute Gasteiger partial charge is 0.200 e. The van der Waals surface area contributed by atoms with Crippen molar-refractivity contribution in [3.8, 4) is 0 Å². The summed E-state index contributed by atoms with van der Waals surface area (Å²) in [6.45, 7) is 10.9. The van der Waals surface area contributed by atoms with Crippen LogP contribution in [0.3, 0.4) is 0 Å². The SMILES string of the molecule is CC(C)(C)/[N+]([O-])=C/c1cccc(/C=[N+](\[O-])C(C)(C)C)n1. The molecule has 0 spiro atoms. The molecule has 0 aliphatic rings. The van der Waals surface area contributed by atoms with E-state index in [0.717, 1.165) is 9.48 Å². The topological polar surface area (TPSA) is 65.0 Å². The highest BCUT2D eigenvalue weighted by atomic mass is 16.5. The first-order valence-electron chi connectivity index (χ1n) is 6.60. The Balaban J connectivity index is 3.10. The van der Waals surface area contributed by atoms with Crippen LogP contribution in [0.4, 0.5) is 0 Å². The zero-order valence-corrected chi connectivity index (χ0v) is 13.0. The lowest BCUT2D eigenvalue weighted by Gasteiger charge is -2.19. The maximum atomic E-state index is 11.9. The van der Waals surface area contributed by atoms with Crippen LogP contribution >= 0.6 is 0 Å². The molecular formula is C15H23N3O2. The molecule has 110 valence electrons. The third-order valence-corrected chi connectivity index (χ3v) is 2.61. The minimum absolute atomic E-state index is 0.516. The summed E-state index contributed by atoms with van der Waals surface area (Å²) in [5, 5.41) is 23.7. The molecule has 20 heavy (non-hydrogen) atoms. The molecular weight excluding hydrogens is 254 g/mol. The van der Waals surface area contributed by atoms with Crippen LogP contribution in [0.15, 0.2) is 18.2 Å². The fraction of sp³-hybridized carbons (Fsp3) is 0.533. The van der Waals surface area contributed by atoms with Crippen molar-refractivity contribution < 1.29 is 9.48 Å². The summed E-state index contributed by atoms with van der Waals surface area (Å²) in [7, 11) is 0. The van der Waals surface area contributed by atoms with E-state index < -0.39 is 11.1 Å². The third-order valence-electron chi connectivity index (χ3n) is 2.61. The minimum Gasteiger partial charge on any atom is -0.623 e. The van der Waals surface area contributed by atoms with E-state index in [1.165, 1.54) is 12.4 Å². The number of rotatable bonds is 2. The lowest BCUT2D eigenvalue weighted by molar-refractivity contribution is -0.530. The number of hydrogen-bond donors (Lipinski definition) is 0. The normalized spacial score (nSPS) is 14.5. The minimum atomic E-state index is -0.516. The molecule has 1 aromatic rings. The first kappa shape index (κ1) is 16.1. The van der Waals surface area contributed by atoms with Crippen LogP contribution in [0.5, 0.6) is 0 Å². The molecule has 0 unspecified atom stereocenters. The molecule has 0 amide bonds. The largest absolute Gasteiger partial charge is 0.623 e. The molecule has 0 saturated heterocycles. The van der Waals surface area contributed by atoms with Gasteiger partial charge >= 0.3 is 0 Å². The van der Waals surface area contributed by atoms with E-state index in [9.17, 15) is 10.4 Å². The van der Waals surface area contributed by atoms with Crippen LogP contribution in [0.1, 0.15) is 52.9 Å². The van der Waals surface area contributed by atoms with Gasteiger partial charge in [0.05, 0.1) is 0 Å². The van der Waals surface area contributed by atoms with Gasteiger partial charge in [0, 0.05) is 41.5 Å². The van der Waals surface area contributed by atoms with E-state index in [2.05, 4.69) is 4.98 Å². The van der Waals surface area contributed by atoms with Crippen molar-refractivity contribution in [2.45, 2.75) is 52.6 Å². The first-order chi connectivity index (χ1) is 9.00. The van der Waals surface area contributed by atoms with Gasteiger partial charge in [-0.3, -0.25) is 0 Å². The lowest BCUT2D eigenvalue weighted by atomic mass is 10.1. The zero-order chi connectivity index (χ0) is 15.6. The van der Waals surface area contributed by atoms with Gasteiger partial charge in [-0.25, -0.2) is 14.5 Å². The summed E-state index contributed by atoms with van der Waals surface area (Å²) in [4.78, 5) is 4.29. The van der Waals surface area contributed by atoms with E-state index in [0.29, 0.717) is 11.4 Å². The van der Waals surface area contributed by atoms with Crippen molar-refractivity contribution in [2.24, 2.45) is 0 Å². The second-order valence-corrected chi connectivity index (χ2v) is 6.74. The Labute approximate surface area is 120 Å². The van der Waals surface area contributed by atoms with Crippen LogP contribution in [0.2, 0.25) is 0 Å². The van der Waals surface area contributed by atoms with Crippen molar-refractivity contribution in [1.82, 2.24) is 4.98 Å². The summed E-state index contributed by atoms with van der Waals surface area (Å²) in [5.41, 5.74) is 0.0337. The van der Waals surface area contributed by atoms with Crippen molar-refractivity contribution >= 4 is 12.4 Å². The van der Waals surface area contributed by atoms with E-state index in [1.54, 1.807) is 18.2 Å². The van der Waals surface area contributed by atoms with E-state index in [4.69, 9.17) is 0 Å². The van der Waals surface area contributed by atoms with Crippen LogP contribution < -0.4 is 0 Å². The number of hydrogen-bond acceptors (Lipinski definition) is 3. The van der Waals surface area contributed by atoms with E-state index >= 15 is 0 Å². The average Bonchev–Trinajstić information content (AvgIpc) is 2.26. The molecule has 5 heteroatoms. The molecule has 0 bridgehead atoms. The molecule has 1 rings (SSSR count). The maximum Gasteiger partial charge on any atom is 0.200 e. The van der Waals surface area contributed by atoms with E-state index in [-0.39, 0.29) is 0 Å². The Morgan fingerprint density at radius 3 is 1.50 bits per heavy atom. The molecule has 0 radical (unpaired) electrons. The van der Waals surface area contributed by atoms with Crippen molar-refractivity contribution in [3.05, 3.63) is 40.0 Å². The van der Waals surface area contributed by atoms with Gasteiger partial charge in [-0.15, -0.1) is 0 Å². The van der Waals surface area contributed by atoms with Crippen LogP contribution in [0.25, 0.3) is 0 Å². The second kappa shape index (κ2) is 5.61. The zero-order valence-electron chi connectivity index (χ0n) is 13.0. The number of nitrogens with zero attached hydrogens (tertiary/aromatic N) is 3. The molecule has 0 saturated carbocycles. The van der Waals surface area contributed by atoms with Crippen LogP contribution in [-0.4, -0.2) is 38.0 Å². The highest BCUT2D eigenvalue weighted by Gasteiger charge is 2.19. The molecule has 0 aliphatic carbocycles. The van der Waals surface area contributed by atoms with Gasteiger partial charge in [0.1, 0.15) is 11.4 Å². The fourth-order valence-corrected chi connectivity index (χ4v) is 1.24. The summed E-state index contributed by atoms with van der Waals surface area (Å²) < 4.78 is 1.72. The Morgan fingerprint density at radius 1 is 0.850 bits per heavy atom. The Bertz CT molecular complexity index is 490. The van der Waals surface area contributed by atoms with E-state index in [1.807, 2.05) is 41.5 Å². The summed E-state index contributed by atoms with van der Waals surface area (Å²) in [5.74, 6) is 0. The predicted molar refractivity (Wildman–Crippen MR) is 81.3 cm³/mol. The first-order valence-corrected chi connectivity index (χ1v) is 6.60. The molecule has 0 aromatic carbocycles. The third kappa shape index (κ3) is 4.64. The Morgan fingerprint density at radius 2 is 1.20 bits per heavy atom. The second-order valence-electron chi connectivity index (χ2n) is 6.74. The highest BCUT2D eigenvalue weighted by Crippen LogP contribution is 2.07. The van der Waals surface area contributed by atoms with Crippen LogP contribution in [-0.2, 0) is 0 Å². The van der Waals surface area contributed by atoms with Gasteiger partial charge in [0.2, 0.25) is 12.4 Å². The molecule has 0 N–H and O–H groups in total. The monoisotopic (exact) mass is 277 g/mol. The quantitative estimate of drug-likeness (QED) is 0.361. The van der Waals surface area contributed by atoms with Crippen LogP contribution in [0, 0.1) is 10.4 Å². The summed E-state index contributed by atoms with van der Waals surface area (Å²) in [6.07, 6.45) is 2.87. The predicted octanol–water partition coefficient (Wildman–Crippen LogP) is 2.54. The van der Waals surface area contributed by atoms with Crippen molar-refractivity contribution in [2.75, 3.05) is 0 Å².